The number of carboxylic acid groups (broad SMARTS) is 1. The van der Waals surface area contributed by atoms with Crippen LogP contribution in [0.5, 0.6) is 0 Å². The van der Waals surface area contributed by atoms with Crippen molar-refractivity contribution in [1.82, 2.24) is 0 Å². The van der Waals surface area contributed by atoms with E-state index in [1.54, 1.807) is 12.1 Å². The van der Waals surface area contributed by atoms with Crippen LogP contribution in [0, 0.1) is 5.92 Å². The fourth-order valence-corrected chi connectivity index (χ4v) is 4.16. The van der Waals surface area contributed by atoms with Crippen molar-refractivity contribution in [3.63, 3.8) is 0 Å². The second-order valence-corrected chi connectivity index (χ2v) is 7.35. The minimum atomic E-state index is -1.13. The van der Waals surface area contributed by atoms with Crippen molar-refractivity contribution in [3.8, 4) is 11.1 Å². The minimum absolute atomic E-state index is 0.223. The van der Waals surface area contributed by atoms with Gasteiger partial charge in [0.2, 0.25) is 0 Å². The predicted octanol–water partition coefficient (Wildman–Crippen LogP) is 5.18. The van der Waals surface area contributed by atoms with Crippen LogP contribution in [0.15, 0.2) is 48.5 Å². The van der Waals surface area contributed by atoms with Gasteiger partial charge in [-0.15, -0.1) is 0 Å². The Morgan fingerprint density at radius 1 is 0.920 bits per heavy atom. The molecule has 2 heteroatoms. The molecule has 0 radical (unpaired) electrons. The van der Waals surface area contributed by atoms with Crippen molar-refractivity contribution >= 4 is 5.97 Å². The Kier molecular flexibility index (Phi) is 5.91. The minimum Gasteiger partial charge on any atom is -0.545 e. The number of carboxylic acids is 1. The number of benzene rings is 2. The maximum atomic E-state index is 10.8. The summed E-state index contributed by atoms with van der Waals surface area (Å²) in [4.78, 5) is 10.8. The summed E-state index contributed by atoms with van der Waals surface area (Å²) in [7, 11) is 0. The lowest BCUT2D eigenvalue weighted by Crippen LogP contribution is -2.21. The lowest BCUT2D eigenvalue weighted by Gasteiger charge is -2.16. The average molecular weight is 335 g/mol. The van der Waals surface area contributed by atoms with Gasteiger partial charge < -0.3 is 9.90 Å². The second kappa shape index (κ2) is 8.33. The molecule has 3 rings (SSSR count). The summed E-state index contributed by atoms with van der Waals surface area (Å²) in [5.41, 5.74) is 3.85. The van der Waals surface area contributed by atoms with Gasteiger partial charge in [-0.2, -0.15) is 0 Å². The maximum absolute atomic E-state index is 10.8. The standard InChI is InChI=1S/C23H28O2/c1-2-4-17-5-3-6-18(8-7-17)19-9-11-20(12-10-19)21-13-15-22(16-14-21)23(24)25/h9-18H,2-8H2,1H3,(H,24,25)/p-1/t17-,18+/m1/s1. The van der Waals surface area contributed by atoms with E-state index in [2.05, 4.69) is 31.2 Å². The highest BCUT2D eigenvalue weighted by molar-refractivity contribution is 5.86. The Hall–Kier alpha value is -2.09. The second-order valence-electron chi connectivity index (χ2n) is 7.35. The van der Waals surface area contributed by atoms with Crippen molar-refractivity contribution in [2.45, 2.75) is 57.8 Å². The van der Waals surface area contributed by atoms with Crippen molar-refractivity contribution in [2.24, 2.45) is 5.92 Å². The summed E-state index contributed by atoms with van der Waals surface area (Å²) in [6.45, 7) is 2.29. The summed E-state index contributed by atoms with van der Waals surface area (Å²) in [6.07, 6.45) is 9.42. The molecule has 2 aromatic carbocycles. The van der Waals surface area contributed by atoms with Gasteiger partial charge >= 0.3 is 0 Å². The number of carbonyl (C=O) groups is 1. The van der Waals surface area contributed by atoms with Crippen LogP contribution in [0.1, 0.15) is 73.7 Å². The normalized spacial score (nSPS) is 20.8. The van der Waals surface area contributed by atoms with E-state index in [0.29, 0.717) is 5.92 Å². The number of aromatic carboxylic acids is 1. The molecular weight excluding hydrogens is 308 g/mol. The van der Waals surface area contributed by atoms with Crippen LogP contribution in [0.4, 0.5) is 0 Å². The molecule has 25 heavy (non-hydrogen) atoms. The number of hydrogen-bond donors (Lipinski definition) is 0. The number of hydrogen-bond acceptors (Lipinski definition) is 2. The van der Waals surface area contributed by atoms with Crippen LogP contribution in [-0.2, 0) is 0 Å². The van der Waals surface area contributed by atoms with Crippen LogP contribution < -0.4 is 5.11 Å². The van der Waals surface area contributed by atoms with Crippen molar-refractivity contribution in [1.29, 1.82) is 0 Å². The molecular formula is C23H27O2-. The van der Waals surface area contributed by atoms with Gasteiger partial charge in [0.25, 0.3) is 0 Å². The Morgan fingerprint density at radius 2 is 1.56 bits per heavy atom. The van der Waals surface area contributed by atoms with Crippen molar-refractivity contribution < 1.29 is 9.90 Å². The summed E-state index contributed by atoms with van der Waals surface area (Å²) in [5.74, 6) is 0.490. The molecule has 2 nitrogen and oxygen atoms in total. The molecule has 0 amide bonds. The van der Waals surface area contributed by atoms with Crippen LogP contribution in [0.3, 0.4) is 0 Å². The molecule has 1 aliphatic rings. The summed E-state index contributed by atoms with van der Waals surface area (Å²) in [5, 5.41) is 10.8. The van der Waals surface area contributed by atoms with Gasteiger partial charge in [-0.1, -0.05) is 81.1 Å². The quantitative estimate of drug-likeness (QED) is 0.706. The molecule has 1 aliphatic carbocycles. The third kappa shape index (κ3) is 4.50. The third-order valence-corrected chi connectivity index (χ3v) is 5.62. The Balaban J connectivity index is 1.68. The zero-order chi connectivity index (χ0) is 17.6. The van der Waals surface area contributed by atoms with E-state index in [1.165, 1.54) is 50.5 Å². The average Bonchev–Trinajstić information content (AvgIpc) is 2.88. The van der Waals surface area contributed by atoms with E-state index < -0.39 is 5.97 Å². The topological polar surface area (TPSA) is 40.1 Å². The van der Waals surface area contributed by atoms with E-state index in [-0.39, 0.29) is 5.56 Å². The maximum Gasteiger partial charge on any atom is 0.0715 e. The van der Waals surface area contributed by atoms with Crippen LogP contribution in [0.25, 0.3) is 11.1 Å². The number of rotatable bonds is 5. The molecule has 0 heterocycles. The Labute approximate surface area is 150 Å². The molecule has 2 aromatic rings. The number of carbonyl (C=O) groups excluding carboxylic acids is 1. The highest BCUT2D eigenvalue weighted by atomic mass is 16.4. The van der Waals surface area contributed by atoms with Gasteiger partial charge in [-0.05, 0) is 53.4 Å². The van der Waals surface area contributed by atoms with E-state index >= 15 is 0 Å². The molecule has 0 spiro atoms. The van der Waals surface area contributed by atoms with E-state index in [9.17, 15) is 9.90 Å². The monoisotopic (exact) mass is 335 g/mol. The van der Waals surface area contributed by atoms with Crippen molar-refractivity contribution in [2.75, 3.05) is 0 Å². The highest BCUT2D eigenvalue weighted by Gasteiger charge is 2.19. The summed E-state index contributed by atoms with van der Waals surface area (Å²) < 4.78 is 0. The Bertz CT molecular complexity index is 685. The van der Waals surface area contributed by atoms with E-state index in [1.807, 2.05) is 12.1 Å². The Morgan fingerprint density at radius 3 is 2.16 bits per heavy atom. The first-order chi connectivity index (χ1) is 12.2. The molecule has 0 unspecified atom stereocenters. The summed E-state index contributed by atoms with van der Waals surface area (Å²) >= 11 is 0. The molecule has 0 N–H and O–H groups in total. The zero-order valence-electron chi connectivity index (χ0n) is 15.0. The first-order valence-electron chi connectivity index (χ1n) is 9.59. The van der Waals surface area contributed by atoms with Gasteiger partial charge in [0.15, 0.2) is 0 Å². The molecule has 1 fully saturated rings. The molecule has 0 saturated heterocycles. The zero-order valence-corrected chi connectivity index (χ0v) is 15.0. The lowest BCUT2D eigenvalue weighted by molar-refractivity contribution is -0.255. The van der Waals surface area contributed by atoms with Gasteiger partial charge in [-0.3, -0.25) is 0 Å². The van der Waals surface area contributed by atoms with Gasteiger partial charge in [0, 0.05) is 0 Å². The smallest absolute Gasteiger partial charge is 0.0715 e. The predicted molar refractivity (Wildman–Crippen MR) is 100 cm³/mol. The van der Waals surface area contributed by atoms with Crippen LogP contribution in [0.2, 0.25) is 0 Å². The van der Waals surface area contributed by atoms with Crippen molar-refractivity contribution in [3.05, 3.63) is 59.7 Å². The molecule has 0 aliphatic heterocycles. The third-order valence-electron chi connectivity index (χ3n) is 5.62. The van der Waals surface area contributed by atoms with Crippen LogP contribution in [-0.4, -0.2) is 5.97 Å². The van der Waals surface area contributed by atoms with E-state index in [0.717, 1.165) is 17.0 Å². The molecule has 2 atom stereocenters. The van der Waals surface area contributed by atoms with Gasteiger partial charge in [-0.25, -0.2) is 0 Å². The lowest BCUT2D eigenvalue weighted by atomic mass is 9.89. The van der Waals surface area contributed by atoms with E-state index in [4.69, 9.17) is 0 Å². The molecule has 0 aromatic heterocycles. The fraction of sp³-hybridized carbons (Fsp3) is 0.435. The SMILES string of the molecule is CCC[C@@H]1CCC[C@H](c2ccc(-c3ccc(C(=O)[O-])cc3)cc2)CC1. The van der Waals surface area contributed by atoms with Gasteiger partial charge in [0.05, 0.1) is 5.97 Å². The fourth-order valence-electron chi connectivity index (χ4n) is 4.16. The molecule has 0 bridgehead atoms. The first kappa shape index (κ1) is 17.7. The summed E-state index contributed by atoms with van der Waals surface area (Å²) in [6, 6.07) is 15.8. The largest absolute Gasteiger partial charge is 0.545 e. The molecule has 1 saturated carbocycles. The highest BCUT2D eigenvalue weighted by Crippen LogP contribution is 2.36. The van der Waals surface area contributed by atoms with Crippen LogP contribution >= 0.6 is 0 Å². The van der Waals surface area contributed by atoms with Gasteiger partial charge in [0.1, 0.15) is 0 Å². The molecule has 132 valence electrons. The first-order valence-corrected chi connectivity index (χ1v) is 9.59.